The first-order valence-corrected chi connectivity index (χ1v) is 11.4. The van der Waals surface area contributed by atoms with Crippen molar-refractivity contribution < 1.29 is 0 Å². The lowest BCUT2D eigenvalue weighted by molar-refractivity contribution is 0.442. The number of nitrogens with zero attached hydrogens (tertiary/aromatic N) is 3. The van der Waals surface area contributed by atoms with E-state index in [1.165, 1.54) is 42.4 Å². The number of thioether (sulfide) groups is 1. The van der Waals surface area contributed by atoms with E-state index in [9.17, 15) is 0 Å². The van der Waals surface area contributed by atoms with Crippen LogP contribution in [-0.2, 0) is 19.5 Å². The molecule has 146 valence electrons. The minimum atomic E-state index is 0.579. The van der Waals surface area contributed by atoms with Gasteiger partial charge in [-0.1, -0.05) is 62.7 Å². The van der Waals surface area contributed by atoms with E-state index in [0.29, 0.717) is 6.04 Å². The monoisotopic (exact) mass is 384 g/mol. The predicted octanol–water partition coefficient (Wildman–Crippen LogP) is 4.82. The molecule has 0 spiro atoms. The average molecular weight is 385 g/mol. The van der Waals surface area contributed by atoms with Crippen molar-refractivity contribution in [1.29, 1.82) is 0 Å². The minimum absolute atomic E-state index is 0.579. The van der Waals surface area contributed by atoms with Crippen LogP contribution >= 0.6 is 11.8 Å². The van der Waals surface area contributed by atoms with Gasteiger partial charge in [0, 0.05) is 37.4 Å². The summed E-state index contributed by atoms with van der Waals surface area (Å²) >= 11 is 1.61. The summed E-state index contributed by atoms with van der Waals surface area (Å²) in [4.78, 5) is 11.9. The van der Waals surface area contributed by atoms with E-state index in [1.807, 2.05) is 12.5 Å². The maximum atomic E-state index is 4.90. The van der Waals surface area contributed by atoms with Crippen molar-refractivity contribution in [3.05, 3.63) is 47.2 Å². The molecule has 2 aromatic rings. The zero-order chi connectivity index (χ0) is 19.1. The first kappa shape index (κ1) is 20.2. The highest BCUT2D eigenvalue weighted by atomic mass is 32.2. The van der Waals surface area contributed by atoms with Gasteiger partial charge < -0.3 is 10.2 Å². The third-order valence-electron chi connectivity index (χ3n) is 5.29. The maximum absolute atomic E-state index is 4.90. The normalized spacial score (nSPS) is 13.9. The van der Waals surface area contributed by atoms with Crippen LogP contribution in [0.25, 0.3) is 0 Å². The molecule has 0 unspecified atom stereocenters. The molecule has 0 bridgehead atoms. The van der Waals surface area contributed by atoms with Crippen LogP contribution in [-0.4, -0.2) is 28.8 Å². The SMILES string of the molecule is CCCC(CCC)NCc1cnc(SC)nc1N1CCc2ccccc2C1. The second-order valence-corrected chi connectivity index (χ2v) is 8.07. The van der Waals surface area contributed by atoms with Gasteiger partial charge in [0.25, 0.3) is 0 Å². The fourth-order valence-corrected chi connectivity index (χ4v) is 4.19. The zero-order valence-corrected chi connectivity index (χ0v) is 17.7. The lowest BCUT2D eigenvalue weighted by Crippen LogP contribution is -2.34. The van der Waals surface area contributed by atoms with Crippen LogP contribution in [0.3, 0.4) is 0 Å². The molecule has 0 saturated heterocycles. The van der Waals surface area contributed by atoms with Crippen molar-refractivity contribution in [2.24, 2.45) is 0 Å². The molecule has 1 aromatic heterocycles. The molecular weight excluding hydrogens is 352 g/mol. The van der Waals surface area contributed by atoms with E-state index >= 15 is 0 Å². The highest BCUT2D eigenvalue weighted by Crippen LogP contribution is 2.27. The number of rotatable bonds is 9. The molecular formula is C22H32N4S. The second-order valence-electron chi connectivity index (χ2n) is 7.30. The van der Waals surface area contributed by atoms with Crippen molar-refractivity contribution in [3.8, 4) is 0 Å². The summed E-state index contributed by atoms with van der Waals surface area (Å²) < 4.78 is 0. The molecule has 2 heterocycles. The highest BCUT2D eigenvalue weighted by molar-refractivity contribution is 7.98. The largest absolute Gasteiger partial charge is 0.352 e. The summed E-state index contributed by atoms with van der Waals surface area (Å²) in [6.07, 6.45) is 10.0. The predicted molar refractivity (Wildman–Crippen MR) is 115 cm³/mol. The van der Waals surface area contributed by atoms with E-state index in [4.69, 9.17) is 4.98 Å². The topological polar surface area (TPSA) is 41.1 Å². The molecule has 0 fully saturated rings. The lowest BCUT2D eigenvalue weighted by Gasteiger charge is -2.31. The molecule has 0 atom stereocenters. The van der Waals surface area contributed by atoms with Gasteiger partial charge in [0.05, 0.1) is 0 Å². The number of benzene rings is 1. The summed E-state index contributed by atoms with van der Waals surface area (Å²) in [6.45, 7) is 7.31. The number of anilines is 1. The van der Waals surface area contributed by atoms with Crippen LogP contribution in [0.5, 0.6) is 0 Å². The second kappa shape index (κ2) is 10.1. The quantitative estimate of drug-likeness (QED) is 0.496. The summed E-state index contributed by atoms with van der Waals surface area (Å²) in [5, 5.41) is 4.61. The van der Waals surface area contributed by atoms with Gasteiger partial charge in [-0.05, 0) is 36.6 Å². The van der Waals surface area contributed by atoms with Crippen LogP contribution < -0.4 is 10.2 Å². The van der Waals surface area contributed by atoms with Gasteiger partial charge in [-0.2, -0.15) is 0 Å². The standard InChI is InChI=1S/C22H32N4S/c1-4-8-20(9-5-2)23-14-19-15-24-22(27-3)25-21(19)26-13-12-17-10-6-7-11-18(17)16-26/h6-7,10-11,15,20,23H,4-5,8-9,12-14,16H2,1-3H3. The van der Waals surface area contributed by atoms with Crippen LogP contribution in [0.15, 0.2) is 35.6 Å². The van der Waals surface area contributed by atoms with Crippen LogP contribution in [0.4, 0.5) is 5.82 Å². The molecule has 1 N–H and O–H groups in total. The van der Waals surface area contributed by atoms with Crippen LogP contribution in [0.2, 0.25) is 0 Å². The van der Waals surface area contributed by atoms with Crippen molar-refractivity contribution in [2.45, 2.75) is 70.2 Å². The summed E-state index contributed by atoms with van der Waals surface area (Å²) in [5.74, 6) is 1.10. The van der Waals surface area contributed by atoms with Gasteiger partial charge in [-0.15, -0.1) is 0 Å². The molecule has 0 radical (unpaired) electrons. The Kier molecular flexibility index (Phi) is 7.53. The molecule has 5 heteroatoms. The number of aromatic nitrogens is 2. The van der Waals surface area contributed by atoms with E-state index in [0.717, 1.165) is 37.0 Å². The number of hydrogen-bond acceptors (Lipinski definition) is 5. The molecule has 27 heavy (non-hydrogen) atoms. The Morgan fingerprint density at radius 3 is 2.59 bits per heavy atom. The summed E-state index contributed by atoms with van der Waals surface area (Å²) in [6, 6.07) is 9.35. The maximum Gasteiger partial charge on any atom is 0.189 e. The van der Waals surface area contributed by atoms with E-state index in [1.54, 1.807) is 11.8 Å². The lowest BCUT2D eigenvalue weighted by atomic mass is 9.99. The molecule has 3 rings (SSSR count). The molecule has 0 aliphatic carbocycles. The van der Waals surface area contributed by atoms with Crippen molar-refractivity contribution in [3.63, 3.8) is 0 Å². The Labute approximate surface area is 168 Å². The summed E-state index contributed by atoms with van der Waals surface area (Å²) in [7, 11) is 0. The van der Waals surface area contributed by atoms with Crippen LogP contribution in [0.1, 0.15) is 56.2 Å². The van der Waals surface area contributed by atoms with E-state index in [-0.39, 0.29) is 0 Å². The average Bonchev–Trinajstić information content (AvgIpc) is 2.72. The number of nitrogens with one attached hydrogen (secondary N) is 1. The smallest absolute Gasteiger partial charge is 0.189 e. The highest BCUT2D eigenvalue weighted by Gasteiger charge is 2.21. The first-order valence-electron chi connectivity index (χ1n) is 10.2. The van der Waals surface area contributed by atoms with Crippen molar-refractivity contribution >= 4 is 17.6 Å². The van der Waals surface area contributed by atoms with Crippen LogP contribution in [0, 0.1) is 0 Å². The number of fused-ring (bicyclic) bond motifs is 1. The first-order chi connectivity index (χ1) is 13.2. The minimum Gasteiger partial charge on any atom is -0.352 e. The van der Waals surface area contributed by atoms with Crippen molar-refractivity contribution in [2.75, 3.05) is 17.7 Å². The third-order valence-corrected chi connectivity index (χ3v) is 5.85. The van der Waals surface area contributed by atoms with Crippen molar-refractivity contribution in [1.82, 2.24) is 15.3 Å². The molecule has 1 aromatic carbocycles. The van der Waals surface area contributed by atoms with Gasteiger partial charge in [0.1, 0.15) is 5.82 Å². The Hall–Kier alpha value is -1.59. The Morgan fingerprint density at radius 1 is 1.15 bits per heavy atom. The third kappa shape index (κ3) is 5.23. The molecule has 1 aliphatic rings. The Morgan fingerprint density at radius 2 is 1.89 bits per heavy atom. The van der Waals surface area contributed by atoms with Gasteiger partial charge >= 0.3 is 0 Å². The molecule has 0 saturated carbocycles. The van der Waals surface area contributed by atoms with E-state index in [2.05, 4.69) is 53.3 Å². The van der Waals surface area contributed by atoms with Gasteiger partial charge in [0.15, 0.2) is 5.16 Å². The fraction of sp³-hybridized carbons (Fsp3) is 0.545. The molecule has 1 aliphatic heterocycles. The van der Waals surface area contributed by atoms with Gasteiger partial charge in [-0.3, -0.25) is 0 Å². The Bertz CT molecular complexity index is 728. The van der Waals surface area contributed by atoms with E-state index < -0.39 is 0 Å². The Balaban J connectivity index is 1.79. The molecule has 4 nitrogen and oxygen atoms in total. The fourth-order valence-electron chi connectivity index (χ4n) is 3.86. The molecule has 0 amide bonds. The number of hydrogen-bond donors (Lipinski definition) is 1. The van der Waals surface area contributed by atoms with Gasteiger partial charge in [0.2, 0.25) is 0 Å². The zero-order valence-electron chi connectivity index (χ0n) is 16.9. The summed E-state index contributed by atoms with van der Waals surface area (Å²) in [5.41, 5.74) is 4.10. The van der Waals surface area contributed by atoms with Gasteiger partial charge in [-0.25, -0.2) is 9.97 Å².